The SMILES string of the molecule is N#Cc1ccc(-n2nc3ccccc3n2)c(N)c1. The number of rotatable bonds is 1. The average Bonchev–Trinajstić information content (AvgIpc) is 2.81. The summed E-state index contributed by atoms with van der Waals surface area (Å²) in [5, 5.41) is 17.5. The zero-order chi connectivity index (χ0) is 12.5. The molecule has 3 aromatic rings. The summed E-state index contributed by atoms with van der Waals surface area (Å²) < 4.78 is 0. The Kier molecular flexibility index (Phi) is 2.21. The second-order valence-corrected chi connectivity index (χ2v) is 3.86. The number of anilines is 1. The van der Waals surface area contributed by atoms with E-state index in [0.29, 0.717) is 16.9 Å². The minimum Gasteiger partial charge on any atom is -0.397 e. The molecule has 2 N–H and O–H groups in total. The predicted octanol–water partition coefficient (Wildman–Crippen LogP) is 1.87. The number of fused-ring (bicyclic) bond motifs is 1. The first-order valence-corrected chi connectivity index (χ1v) is 5.40. The quantitative estimate of drug-likeness (QED) is 0.653. The van der Waals surface area contributed by atoms with Crippen LogP contribution in [0.5, 0.6) is 0 Å². The van der Waals surface area contributed by atoms with Gasteiger partial charge in [-0.15, -0.1) is 15.0 Å². The van der Waals surface area contributed by atoms with E-state index < -0.39 is 0 Å². The number of nitrogens with two attached hydrogens (primary N) is 1. The maximum atomic E-state index is 8.79. The second-order valence-electron chi connectivity index (χ2n) is 3.86. The lowest BCUT2D eigenvalue weighted by Gasteiger charge is -2.03. The van der Waals surface area contributed by atoms with E-state index in [0.717, 1.165) is 11.0 Å². The largest absolute Gasteiger partial charge is 0.397 e. The van der Waals surface area contributed by atoms with Gasteiger partial charge in [0, 0.05) is 0 Å². The lowest BCUT2D eigenvalue weighted by molar-refractivity contribution is 0.767. The first kappa shape index (κ1) is 10.3. The van der Waals surface area contributed by atoms with Crippen molar-refractivity contribution >= 4 is 16.7 Å². The van der Waals surface area contributed by atoms with Crippen LogP contribution in [0.3, 0.4) is 0 Å². The highest BCUT2D eigenvalue weighted by molar-refractivity contribution is 5.74. The molecule has 0 aliphatic carbocycles. The number of nitriles is 1. The molecule has 0 aliphatic rings. The number of aromatic nitrogens is 3. The fourth-order valence-electron chi connectivity index (χ4n) is 1.77. The van der Waals surface area contributed by atoms with Crippen LogP contribution in [-0.4, -0.2) is 15.0 Å². The molecule has 0 amide bonds. The van der Waals surface area contributed by atoms with Crippen molar-refractivity contribution in [3.8, 4) is 11.8 Å². The zero-order valence-corrected chi connectivity index (χ0v) is 9.41. The fourth-order valence-corrected chi connectivity index (χ4v) is 1.77. The smallest absolute Gasteiger partial charge is 0.113 e. The third-order valence-electron chi connectivity index (χ3n) is 2.66. The van der Waals surface area contributed by atoms with Gasteiger partial charge in [-0.25, -0.2) is 0 Å². The van der Waals surface area contributed by atoms with Crippen LogP contribution in [0, 0.1) is 11.3 Å². The van der Waals surface area contributed by atoms with E-state index in [1.165, 1.54) is 4.80 Å². The predicted molar refractivity (Wildman–Crippen MR) is 68.0 cm³/mol. The summed E-state index contributed by atoms with van der Waals surface area (Å²) >= 11 is 0. The Morgan fingerprint density at radius 2 is 1.72 bits per heavy atom. The van der Waals surface area contributed by atoms with Crippen molar-refractivity contribution in [1.29, 1.82) is 5.26 Å². The Balaban J connectivity index is 2.17. The van der Waals surface area contributed by atoms with Crippen molar-refractivity contribution in [2.75, 3.05) is 5.73 Å². The second kappa shape index (κ2) is 3.86. The molecular formula is C13H9N5. The van der Waals surface area contributed by atoms with Crippen molar-refractivity contribution in [1.82, 2.24) is 15.0 Å². The highest BCUT2D eigenvalue weighted by Crippen LogP contribution is 2.19. The molecule has 5 nitrogen and oxygen atoms in total. The third kappa shape index (κ3) is 1.57. The third-order valence-corrected chi connectivity index (χ3v) is 2.66. The monoisotopic (exact) mass is 235 g/mol. The van der Waals surface area contributed by atoms with Crippen LogP contribution in [0.4, 0.5) is 5.69 Å². The zero-order valence-electron chi connectivity index (χ0n) is 9.41. The Morgan fingerprint density at radius 1 is 1.06 bits per heavy atom. The lowest BCUT2D eigenvalue weighted by atomic mass is 10.2. The number of benzene rings is 2. The van der Waals surface area contributed by atoms with Gasteiger partial charge in [-0.05, 0) is 30.3 Å². The van der Waals surface area contributed by atoms with E-state index in [2.05, 4.69) is 10.2 Å². The van der Waals surface area contributed by atoms with E-state index in [1.807, 2.05) is 30.3 Å². The minimum atomic E-state index is 0.481. The van der Waals surface area contributed by atoms with Gasteiger partial charge in [0.05, 0.1) is 17.3 Å². The van der Waals surface area contributed by atoms with Crippen LogP contribution in [-0.2, 0) is 0 Å². The summed E-state index contributed by atoms with van der Waals surface area (Å²) in [5.41, 5.74) is 9.19. The molecule has 5 heteroatoms. The van der Waals surface area contributed by atoms with Gasteiger partial charge >= 0.3 is 0 Å². The molecule has 0 unspecified atom stereocenters. The molecule has 0 spiro atoms. The summed E-state index contributed by atoms with van der Waals surface area (Å²) in [6.07, 6.45) is 0. The van der Waals surface area contributed by atoms with Gasteiger partial charge in [-0.3, -0.25) is 0 Å². The molecule has 2 aromatic carbocycles. The normalized spacial score (nSPS) is 10.4. The molecule has 1 heterocycles. The molecule has 86 valence electrons. The Bertz CT molecular complexity index is 733. The van der Waals surface area contributed by atoms with Crippen molar-refractivity contribution in [3.05, 3.63) is 48.0 Å². The fraction of sp³-hybridized carbons (Fsp3) is 0. The molecule has 3 rings (SSSR count). The average molecular weight is 235 g/mol. The van der Waals surface area contributed by atoms with Crippen molar-refractivity contribution < 1.29 is 0 Å². The Morgan fingerprint density at radius 3 is 2.28 bits per heavy atom. The molecule has 0 atom stereocenters. The standard InChI is InChI=1S/C13H9N5/c14-8-9-5-6-13(10(15)7-9)18-16-11-3-1-2-4-12(11)17-18/h1-7H,15H2. The van der Waals surface area contributed by atoms with E-state index in [4.69, 9.17) is 11.0 Å². The highest BCUT2D eigenvalue weighted by Gasteiger charge is 2.07. The van der Waals surface area contributed by atoms with Gasteiger partial charge in [-0.2, -0.15) is 5.26 Å². The maximum absolute atomic E-state index is 8.79. The number of hydrogen-bond donors (Lipinski definition) is 1. The molecule has 0 saturated heterocycles. The molecule has 0 bridgehead atoms. The minimum absolute atomic E-state index is 0.481. The van der Waals surface area contributed by atoms with Gasteiger partial charge in [0.1, 0.15) is 16.7 Å². The summed E-state index contributed by atoms with van der Waals surface area (Å²) in [6.45, 7) is 0. The summed E-state index contributed by atoms with van der Waals surface area (Å²) in [7, 11) is 0. The number of nitrogen functional groups attached to an aromatic ring is 1. The molecule has 0 radical (unpaired) electrons. The Labute approximate surface area is 103 Å². The van der Waals surface area contributed by atoms with E-state index in [-0.39, 0.29) is 0 Å². The lowest BCUT2D eigenvalue weighted by Crippen LogP contribution is -2.03. The van der Waals surface area contributed by atoms with E-state index >= 15 is 0 Å². The first-order chi connectivity index (χ1) is 8.78. The summed E-state index contributed by atoms with van der Waals surface area (Å²) in [6, 6.07) is 14.7. The first-order valence-electron chi connectivity index (χ1n) is 5.40. The van der Waals surface area contributed by atoms with Crippen molar-refractivity contribution in [3.63, 3.8) is 0 Å². The van der Waals surface area contributed by atoms with Gasteiger partial charge < -0.3 is 5.73 Å². The van der Waals surface area contributed by atoms with Gasteiger partial charge in [0.15, 0.2) is 0 Å². The molecule has 1 aromatic heterocycles. The molecule has 0 saturated carbocycles. The molecule has 0 aliphatic heterocycles. The van der Waals surface area contributed by atoms with Crippen LogP contribution in [0.25, 0.3) is 16.7 Å². The maximum Gasteiger partial charge on any atom is 0.113 e. The van der Waals surface area contributed by atoms with Crippen LogP contribution >= 0.6 is 0 Å². The van der Waals surface area contributed by atoms with Crippen LogP contribution in [0.1, 0.15) is 5.56 Å². The van der Waals surface area contributed by atoms with Crippen LogP contribution < -0.4 is 5.73 Å². The van der Waals surface area contributed by atoms with Crippen LogP contribution in [0.2, 0.25) is 0 Å². The highest BCUT2D eigenvalue weighted by atomic mass is 15.5. The number of hydrogen-bond acceptors (Lipinski definition) is 4. The molecular weight excluding hydrogens is 226 g/mol. The number of nitrogens with zero attached hydrogens (tertiary/aromatic N) is 4. The summed E-state index contributed by atoms with van der Waals surface area (Å²) in [4.78, 5) is 1.49. The van der Waals surface area contributed by atoms with Crippen molar-refractivity contribution in [2.45, 2.75) is 0 Å². The van der Waals surface area contributed by atoms with Gasteiger partial charge in [-0.1, -0.05) is 12.1 Å². The van der Waals surface area contributed by atoms with Gasteiger partial charge in [0.25, 0.3) is 0 Å². The van der Waals surface area contributed by atoms with E-state index in [1.54, 1.807) is 18.2 Å². The van der Waals surface area contributed by atoms with Crippen LogP contribution in [0.15, 0.2) is 42.5 Å². The topological polar surface area (TPSA) is 80.5 Å². The summed E-state index contributed by atoms with van der Waals surface area (Å²) in [5.74, 6) is 0. The van der Waals surface area contributed by atoms with Gasteiger partial charge in [0.2, 0.25) is 0 Å². The molecule has 0 fully saturated rings. The molecule has 18 heavy (non-hydrogen) atoms. The van der Waals surface area contributed by atoms with Crippen molar-refractivity contribution in [2.24, 2.45) is 0 Å². The van der Waals surface area contributed by atoms with E-state index in [9.17, 15) is 0 Å². The Hall–Kier alpha value is -2.87.